The van der Waals surface area contributed by atoms with Crippen LogP contribution in [0.25, 0.3) is 10.9 Å². The number of anilines is 1. The predicted molar refractivity (Wildman–Crippen MR) is 85.8 cm³/mol. The molecule has 1 aliphatic rings. The lowest BCUT2D eigenvalue weighted by atomic mass is 10.1. The summed E-state index contributed by atoms with van der Waals surface area (Å²) in [6.45, 7) is 0. The van der Waals surface area contributed by atoms with Gasteiger partial charge in [0, 0.05) is 36.1 Å². The van der Waals surface area contributed by atoms with Crippen LogP contribution in [0.3, 0.4) is 0 Å². The highest BCUT2D eigenvalue weighted by molar-refractivity contribution is 5.95. The molecule has 5 heteroatoms. The Labute approximate surface area is 128 Å². The maximum absolute atomic E-state index is 12.3. The average Bonchev–Trinajstić information content (AvgIpc) is 3.19. The van der Waals surface area contributed by atoms with Gasteiger partial charge in [-0.2, -0.15) is 5.10 Å². The van der Waals surface area contributed by atoms with Crippen molar-refractivity contribution in [3.8, 4) is 0 Å². The number of aryl methyl sites for hydroxylation is 1. The van der Waals surface area contributed by atoms with E-state index in [-0.39, 0.29) is 5.91 Å². The van der Waals surface area contributed by atoms with E-state index in [2.05, 4.69) is 32.2 Å². The van der Waals surface area contributed by atoms with Crippen molar-refractivity contribution >= 4 is 22.6 Å². The molecule has 0 aliphatic heterocycles. The van der Waals surface area contributed by atoms with Crippen molar-refractivity contribution in [1.29, 1.82) is 0 Å². The zero-order valence-electron chi connectivity index (χ0n) is 12.5. The number of fused-ring (bicyclic) bond motifs is 1. The molecule has 1 fully saturated rings. The summed E-state index contributed by atoms with van der Waals surface area (Å²) >= 11 is 0. The molecule has 2 N–H and O–H groups in total. The zero-order chi connectivity index (χ0) is 15.1. The van der Waals surface area contributed by atoms with E-state index >= 15 is 0 Å². The van der Waals surface area contributed by atoms with Crippen molar-refractivity contribution < 1.29 is 4.79 Å². The van der Waals surface area contributed by atoms with Gasteiger partial charge in [0.25, 0.3) is 0 Å². The van der Waals surface area contributed by atoms with E-state index in [1.807, 2.05) is 31.4 Å². The van der Waals surface area contributed by atoms with Crippen molar-refractivity contribution in [3.63, 3.8) is 0 Å². The lowest BCUT2D eigenvalue weighted by Crippen LogP contribution is -2.14. The van der Waals surface area contributed by atoms with Crippen molar-refractivity contribution in [3.05, 3.63) is 47.8 Å². The first-order chi connectivity index (χ1) is 10.7. The molecule has 0 radical (unpaired) electrons. The fraction of sp³-hybridized carbons (Fsp3) is 0.294. The van der Waals surface area contributed by atoms with Gasteiger partial charge in [0.1, 0.15) is 5.82 Å². The number of amides is 1. The van der Waals surface area contributed by atoms with E-state index in [1.165, 1.54) is 12.8 Å². The molecule has 5 nitrogen and oxygen atoms in total. The Bertz CT molecular complexity index is 841. The number of hydrogen-bond acceptors (Lipinski definition) is 2. The number of nitrogens with zero attached hydrogens (tertiary/aromatic N) is 2. The van der Waals surface area contributed by atoms with Crippen LogP contribution in [0.15, 0.2) is 36.5 Å². The first-order valence-corrected chi connectivity index (χ1v) is 7.59. The summed E-state index contributed by atoms with van der Waals surface area (Å²) in [5.74, 6) is 1.24. The van der Waals surface area contributed by atoms with Gasteiger partial charge in [0.05, 0.1) is 12.1 Å². The number of benzene rings is 1. The van der Waals surface area contributed by atoms with Crippen molar-refractivity contribution in [2.45, 2.75) is 25.2 Å². The van der Waals surface area contributed by atoms with Crippen molar-refractivity contribution in [2.75, 3.05) is 5.32 Å². The van der Waals surface area contributed by atoms with Gasteiger partial charge in [0.2, 0.25) is 5.91 Å². The van der Waals surface area contributed by atoms with Gasteiger partial charge < -0.3 is 9.88 Å². The topological polar surface area (TPSA) is 62.7 Å². The standard InChI is InChI=1S/C17H18N4O/c1-21-10-12(13-4-2-3-5-15(13)21)8-17(22)18-16-9-14(19-20-16)11-6-7-11/h2-5,9-11H,6-8H2,1H3,(H2,18,19,20,22). The molecule has 3 aromatic rings. The highest BCUT2D eigenvalue weighted by Gasteiger charge is 2.26. The first-order valence-electron chi connectivity index (χ1n) is 7.59. The molecule has 4 rings (SSSR count). The Morgan fingerprint density at radius 2 is 2.23 bits per heavy atom. The molecule has 0 bridgehead atoms. The third-order valence-corrected chi connectivity index (χ3v) is 4.20. The quantitative estimate of drug-likeness (QED) is 0.777. The molecule has 1 saturated carbocycles. The SMILES string of the molecule is Cn1cc(CC(=O)Nc2cc(C3CC3)n[nH]2)c2ccccc21. The lowest BCUT2D eigenvalue weighted by Gasteiger charge is -2.01. The van der Waals surface area contributed by atoms with Gasteiger partial charge in [-0.15, -0.1) is 0 Å². The van der Waals surface area contributed by atoms with Gasteiger partial charge in [0.15, 0.2) is 0 Å². The Morgan fingerprint density at radius 1 is 1.41 bits per heavy atom. The van der Waals surface area contributed by atoms with Crippen LogP contribution in [-0.2, 0) is 18.3 Å². The van der Waals surface area contributed by atoms with Gasteiger partial charge in [-0.1, -0.05) is 18.2 Å². The van der Waals surface area contributed by atoms with Gasteiger partial charge in [-0.3, -0.25) is 9.89 Å². The third kappa shape index (κ3) is 2.39. The number of para-hydroxylation sites is 1. The second-order valence-electron chi connectivity index (χ2n) is 5.99. The molecule has 2 aromatic heterocycles. The molecule has 112 valence electrons. The molecule has 1 aromatic carbocycles. The van der Waals surface area contributed by atoms with E-state index in [1.54, 1.807) is 0 Å². The minimum absolute atomic E-state index is 0.0256. The molecule has 2 heterocycles. The summed E-state index contributed by atoms with van der Waals surface area (Å²) in [6, 6.07) is 10.1. The molecule has 0 atom stereocenters. The molecular weight excluding hydrogens is 276 g/mol. The molecule has 1 amide bonds. The van der Waals surface area contributed by atoms with E-state index < -0.39 is 0 Å². The van der Waals surface area contributed by atoms with Crippen LogP contribution in [0.4, 0.5) is 5.82 Å². The Morgan fingerprint density at radius 3 is 3.05 bits per heavy atom. The molecule has 0 spiro atoms. The van der Waals surface area contributed by atoms with Crippen LogP contribution >= 0.6 is 0 Å². The van der Waals surface area contributed by atoms with E-state index in [0.29, 0.717) is 18.2 Å². The minimum atomic E-state index is -0.0256. The van der Waals surface area contributed by atoms with Gasteiger partial charge >= 0.3 is 0 Å². The highest BCUT2D eigenvalue weighted by Crippen LogP contribution is 2.39. The van der Waals surface area contributed by atoms with Gasteiger partial charge in [-0.25, -0.2) is 0 Å². The Hall–Kier alpha value is -2.56. The summed E-state index contributed by atoms with van der Waals surface area (Å²) < 4.78 is 2.05. The van der Waals surface area contributed by atoms with Crippen LogP contribution in [0.2, 0.25) is 0 Å². The zero-order valence-corrected chi connectivity index (χ0v) is 12.5. The Kier molecular flexibility index (Phi) is 2.99. The lowest BCUT2D eigenvalue weighted by molar-refractivity contribution is -0.115. The smallest absolute Gasteiger partial charge is 0.230 e. The van der Waals surface area contributed by atoms with Crippen LogP contribution in [0.1, 0.15) is 30.0 Å². The number of carbonyl (C=O) groups excluding carboxylic acids is 1. The summed E-state index contributed by atoms with van der Waals surface area (Å²) in [5.41, 5.74) is 3.24. The maximum Gasteiger partial charge on any atom is 0.230 e. The van der Waals surface area contributed by atoms with Crippen LogP contribution in [-0.4, -0.2) is 20.7 Å². The third-order valence-electron chi connectivity index (χ3n) is 4.20. The molecule has 0 unspecified atom stereocenters. The number of aromatic amines is 1. The second-order valence-corrected chi connectivity index (χ2v) is 5.99. The van der Waals surface area contributed by atoms with E-state index in [9.17, 15) is 4.79 Å². The number of hydrogen-bond donors (Lipinski definition) is 2. The number of aromatic nitrogens is 3. The molecule has 0 saturated heterocycles. The van der Waals surface area contributed by atoms with E-state index in [0.717, 1.165) is 22.2 Å². The normalized spacial score (nSPS) is 14.4. The number of carbonyl (C=O) groups is 1. The fourth-order valence-electron chi connectivity index (χ4n) is 2.92. The van der Waals surface area contributed by atoms with Crippen molar-refractivity contribution in [1.82, 2.24) is 14.8 Å². The van der Waals surface area contributed by atoms with Crippen molar-refractivity contribution in [2.24, 2.45) is 7.05 Å². The first kappa shape index (κ1) is 13.1. The highest BCUT2D eigenvalue weighted by atomic mass is 16.1. The number of nitrogens with one attached hydrogen (secondary N) is 2. The van der Waals surface area contributed by atoms with Crippen LogP contribution in [0, 0.1) is 0 Å². The van der Waals surface area contributed by atoms with Crippen LogP contribution in [0.5, 0.6) is 0 Å². The summed E-state index contributed by atoms with van der Waals surface area (Å²) in [5, 5.41) is 11.2. The van der Waals surface area contributed by atoms with Gasteiger partial charge in [-0.05, 0) is 24.5 Å². The summed E-state index contributed by atoms with van der Waals surface area (Å²) in [6.07, 6.45) is 4.79. The predicted octanol–water partition coefficient (Wildman–Crippen LogP) is 2.96. The average molecular weight is 294 g/mol. The molecular formula is C17H18N4O. The Balaban J connectivity index is 1.50. The minimum Gasteiger partial charge on any atom is -0.350 e. The van der Waals surface area contributed by atoms with Crippen LogP contribution < -0.4 is 5.32 Å². The maximum atomic E-state index is 12.3. The largest absolute Gasteiger partial charge is 0.350 e. The summed E-state index contributed by atoms with van der Waals surface area (Å²) in [4.78, 5) is 12.3. The second kappa shape index (κ2) is 5.02. The molecule has 1 aliphatic carbocycles. The fourth-order valence-corrected chi connectivity index (χ4v) is 2.92. The number of H-pyrrole nitrogens is 1. The molecule has 22 heavy (non-hydrogen) atoms. The monoisotopic (exact) mass is 294 g/mol. The summed E-state index contributed by atoms with van der Waals surface area (Å²) in [7, 11) is 2.00. The number of rotatable bonds is 4. The van der Waals surface area contributed by atoms with E-state index in [4.69, 9.17) is 0 Å².